The lowest BCUT2D eigenvalue weighted by molar-refractivity contribution is -0.116. The molecule has 0 spiro atoms. The van der Waals surface area contributed by atoms with Gasteiger partial charge >= 0.3 is 0 Å². The van der Waals surface area contributed by atoms with Gasteiger partial charge in [-0.05, 0) is 51.0 Å². The van der Waals surface area contributed by atoms with Gasteiger partial charge in [0.05, 0.1) is 10.9 Å². The number of carbonyl (C=O) groups excluding carboxylic acids is 1. The van der Waals surface area contributed by atoms with Gasteiger partial charge in [0.1, 0.15) is 11.4 Å². The number of aromatic nitrogens is 3. The molecule has 0 saturated heterocycles. The maximum atomic E-state index is 12.6. The maximum Gasteiger partial charge on any atom is 0.262 e. The molecule has 1 aromatic carbocycles. The van der Waals surface area contributed by atoms with Gasteiger partial charge in [-0.3, -0.25) is 14.2 Å². The summed E-state index contributed by atoms with van der Waals surface area (Å²) in [5.41, 5.74) is 1.99. The van der Waals surface area contributed by atoms with Crippen molar-refractivity contribution < 1.29 is 9.32 Å². The van der Waals surface area contributed by atoms with Crippen molar-refractivity contribution in [3.8, 4) is 0 Å². The number of amides is 1. The third-order valence-electron chi connectivity index (χ3n) is 4.47. The van der Waals surface area contributed by atoms with Crippen LogP contribution in [0.2, 0.25) is 0 Å². The van der Waals surface area contributed by atoms with Crippen LogP contribution < -0.4 is 10.9 Å². The van der Waals surface area contributed by atoms with Crippen LogP contribution in [-0.4, -0.2) is 20.6 Å². The lowest BCUT2D eigenvalue weighted by Crippen LogP contribution is -2.22. The summed E-state index contributed by atoms with van der Waals surface area (Å²) >= 11 is 5.30. The van der Waals surface area contributed by atoms with Crippen molar-refractivity contribution in [2.24, 2.45) is 0 Å². The molecule has 8 heteroatoms. The van der Waals surface area contributed by atoms with Gasteiger partial charge in [0, 0.05) is 13.0 Å². The van der Waals surface area contributed by atoms with E-state index in [4.69, 9.17) is 16.7 Å². The molecule has 2 aromatic heterocycles. The molecule has 1 amide bonds. The minimum Gasteiger partial charge on any atom is -0.359 e. The predicted molar refractivity (Wildman–Crippen MR) is 106 cm³/mol. The molecule has 7 nitrogen and oxygen atoms in total. The smallest absolute Gasteiger partial charge is 0.262 e. The molecular formula is C19H22N4O3S. The number of hydrogen-bond donors (Lipinski definition) is 2. The number of rotatable bonds is 7. The minimum absolute atomic E-state index is 0.0652. The fourth-order valence-corrected chi connectivity index (χ4v) is 3.28. The molecule has 0 unspecified atom stereocenters. The Balaban J connectivity index is 1.51. The molecule has 3 aromatic rings. The number of anilines is 1. The number of fused-ring (bicyclic) bond motifs is 1. The first kappa shape index (κ1) is 19.0. The number of benzene rings is 1. The SMILES string of the molecule is Cc1noc(C)c1NC(=O)CCCCCn1c(=S)[nH]c2ccccc2c1=O. The number of aromatic amines is 1. The summed E-state index contributed by atoms with van der Waals surface area (Å²) in [6.45, 7) is 4.08. The van der Waals surface area contributed by atoms with E-state index in [-0.39, 0.29) is 11.5 Å². The Hall–Kier alpha value is -2.74. The van der Waals surface area contributed by atoms with E-state index in [9.17, 15) is 9.59 Å². The van der Waals surface area contributed by atoms with Crippen LogP contribution in [0, 0.1) is 18.6 Å². The molecule has 142 valence electrons. The van der Waals surface area contributed by atoms with Gasteiger partial charge in [0.25, 0.3) is 5.56 Å². The quantitative estimate of drug-likeness (QED) is 0.475. The van der Waals surface area contributed by atoms with Crippen LogP contribution in [-0.2, 0) is 11.3 Å². The average molecular weight is 386 g/mol. The van der Waals surface area contributed by atoms with Crippen LogP contribution in [0.25, 0.3) is 10.9 Å². The highest BCUT2D eigenvalue weighted by Gasteiger charge is 2.12. The lowest BCUT2D eigenvalue weighted by Gasteiger charge is -2.08. The first-order valence-electron chi connectivity index (χ1n) is 8.92. The third kappa shape index (κ3) is 4.33. The minimum atomic E-state index is -0.0782. The zero-order chi connectivity index (χ0) is 19.4. The molecule has 3 rings (SSSR count). The molecule has 2 N–H and O–H groups in total. The maximum absolute atomic E-state index is 12.6. The van der Waals surface area contributed by atoms with Crippen molar-refractivity contribution >= 4 is 34.7 Å². The van der Waals surface area contributed by atoms with Gasteiger partial charge in [-0.2, -0.15) is 0 Å². The van der Waals surface area contributed by atoms with E-state index in [1.54, 1.807) is 24.5 Å². The summed E-state index contributed by atoms with van der Waals surface area (Å²) in [5.74, 6) is 0.537. The number of nitrogens with zero attached hydrogens (tertiary/aromatic N) is 2. The Labute approximate surface area is 161 Å². The van der Waals surface area contributed by atoms with Gasteiger partial charge < -0.3 is 14.8 Å². The Morgan fingerprint density at radius 3 is 2.78 bits per heavy atom. The van der Waals surface area contributed by atoms with Crippen LogP contribution in [0.15, 0.2) is 33.6 Å². The monoisotopic (exact) mass is 386 g/mol. The Kier molecular flexibility index (Phi) is 5.85. The molecule has 0 saturated carbocycles. The first-order chi connectivity index (χ1) is 13.0. The Morgan fingerprint density at radius 2 is 2.04 bits per heavy atom. The van der Waals surface area contributed by atoms with Crippen molar-refractivity contribution in [1.82, 2.24) is 14.7 Å². The van der Waals surface area contributed by atoms with E-state index in [0.717, 1.165) is 24.8 Å². The summed E-state index contributed by atoms with van der Waals surface area (Å²) in [6.07, 6.45) is 2.73. The highest BCUT2D eigenvalue weighted by atomic mass is 32.1. The summed E-state index contributed by atoms with van der Waals surface area (Å²) in [7, 11) is 0. The topological polar surface area (TPSA) is 92.9 Å². The highest BCUT2D eigenvalue weighted by Crippen LogP contribution is 2.19. The summed E-state index contributed by atoms with van der Waals surface area (Å²) < 4.78 is 7.04. The van der Waals surface area contributed by atoms with E-state index in [1.165, 1.54) is 0 Å². The van der Waals surface area contributed by atoms with E-state index >= 15 is 0 Å². The normalized spacial score (nSPS) is 11.0. The van der Waals surface area contributed by atoms with Crippen molar-refractivity contribution in [2.45, 2.75) is 46.1 Å². The molecule has 0 aliphatic carbocycles. The van der Waals surface area contributed by atoms with Crippen LogP contribution in [0.3, 0.4) is 0 Å². The second kappa shape index (κ2) is 8.30. The second-order valence-corrected chi connectivity index (χ2v) is 6.88. The first-order valence-corrected chi connectivity index (χ1v) is 9.33. The van der Waals surface area contributed by atoms with Crippen molar-refractivity contribution in [2.75, 3.05) is 5.32 Å². The van der Waals surface area contributed by atoms with Crippen LogP contribution in [0.4, 0.5) is 5.69 Å². The summed E-state index contributed by atoms with van der Waals surface area (Å²) in [6, 6.07) is 7.33. The number of H-pyrrole nitrogens is 1. The molecule has 0 radical (unpaired) electrons. The summed E-state index contributed by atoms with van der Waals surface area (Å²) in [5, 5.41) is 7.28. The molecule has 0 bridgehead atoms. The van der Waals surface area contributed by atoms with Gasteiger partial charge in [-0.15, -0.1) is 0 Å². The number of nitrogens with one attached hydrogen (secondary N) is 2. The largest absolute Gasteiger partial charge is 0.359 e. The van der Waals surface area contributed by atoms with Gasteiger partial charge in [-0.1, -0.05) is 23.7 Å². The second-order valence-electron chi connectivity index (χ2n) is 6.49. The lowest BCUT2D eigenvalue weighted by atomic mass is 10.1. The van der Waals surface area contributed by atoms with Crippen molar-refractivity contribution in [3.63, 3.8) is 0 Å². The van der Waals surface area contributed by atoms with Crippen molar-refractivity contribution in [1.29, 1.82) is 0 Å². The molecule has 0 aliphatic rings. The molecule has 0 fully saturated rings. The van der Waals surface area contributed by atoms with Crippen LogP contribution in [0.5, 0.6) is 0 Å². The predicted octanol–water partition coefficient (Wildman–Crippen LogP) is 3.86. The van der Waals surface area contributed by atoms with E-state index in [0.29, 0.717) is 40.3 Å². The highest BCUT2D eigenvalue weighted by molar-refractivity contribution is 7.71. The molecule has 0 atom stereocenters. The fourth-order valence-electron chi connectivity index (χ4n) is 3.00. The average Bonchev–Trinajstić information content (AvgIpc) is 2.96. The number of aryl methyl sites for hydroxylation is 2. The fraction of sp³-hybridized carbons (Fsp3) is 0.368. The Bertz CT molecular complexity index is 1060. The Morgan fingerprint density at radius 1 is 1.26 bits per heavy atom. The van der Waals surface area contributed by atoms with Crippen molar-refractivity contribution in [3.05, 3.63) is 50.8 Å². The zero-order valence-corrected chi connectivity index (χ0v) is 16.2. The standard InChI is InChI=1S/C19H22N4O3S/c1-12-17(13(2)26-22-12)21-16(24)10-4-3-7-11-23-18(25)14-8-5-6-9-15(14)20-19(23)27/h5-6,8-9H,3-4,7,10-11H2,1-2H3,(H,20,27)(H,21,24). The van der Waals surface area contributed by atoms with Gasteiger partial charge in [-0.25, -0.2) is 0 Å². The van der Waals surface area contributed by atoms with Crippen LogP contribution in [0.1, 0.15) is 37.1 Å². The number of para-hydroxylation sites is 1. The molecule has 2 heterocycles. The van der Waals surface area contributed by atoms with E-state index < -0.39 is 0 Å². The number of hydrogen-bond acceptors (Lipinski definition) is 5. The molecular weight excluding hydrogens is 364 g/mol. The zero-order valence-electron chi connectivity index (χ0n) is 15.4. The number of unbranched alkanes of at least 4 members (excludes halogenated alkanes) is 2. The summed E-state index contributed by atoms with van der Waals surface area (Å²) in [4.78, 5) is 27.7. The van der Waals surface area contributed by atoms with Crippen LogP contribution >= 0.6 is 12.2 Å². The molecule has 27 heavy (non-hydrogen) atoms. The van der Waals surface area contributed by atoms with E-state index in [2.05, 4.69) is 15.5 Å². The van der Waals surface area contributed by atoms with Gasteiger partial charge in [0.2, 0.25) is 5.91 Å². The molecule has 0 aliphatic heterocycles. The number of carbonyl (C=O) groups is 1. The third-order valence-corrected chi connectivity index (χ3v) is 4.80. The van der Waals surface area contributed by atoms with E-state index in [1.807, 2.05) is 18.2 Å². The van der Waals surface area contributed by atoms with Gasteiger partial charge in [0.15, 0.2) is 10.5 Å².